The highest BCUT2D eigenvalue weighted by atomic mass is 35.5. The Morgan fingerprint density at radius 2 is 2.00 bits per heavy atom. The van der Waals surface area contributed by atoms with Crippen molar-refractivity contribution in [3.63, 3.8) is 0 Å². The van der Waals surface area contributed by atoms with Crippen LogP contribution in [0.2, 0.25) is 10.0 Å². The normalized spacial score (nSPS) is 10.4. The minimum Gasteiger partial charge on any atom is -0.385 e. The Hall–Kier alpha value is -1.78. The Kier molecular flexibility index (Phi) is 6.68. The van der Waals surface area contributed by atoms with Crippen LogP contribution in [0.4, 0.5) is 11.4 Å². The molecule has 0 bridgehead atoms. The summed E-state index contributed by atoms with van der Waals surface area (Å²) in [5.41, 5.74) is 1.66. The summed E-state index contributed by atoms with van der Waals surface area (Å²) < 4.78 is 0. The van der Waals surface area contributed by atoms with E-state index < -0.39 is 0 Å². The number of nitrogens with one attached hydrogen (secondary N) is 2. The van der Waals surface area contributed by atoms with E-state index in [0.717, 1.165) is 18.7 Å². The van der Waals surface area contributed by atoms with Crippen molar-refractivity contribution < 1.29 is 4.79 Å². The Labute approximate surface area is 146 Å². The van der Waals surface area contributed by atoms with Crippen molar-refractivity contribution in [2.45, 2.75) is 26.2 Å². The Morgan fingerprint density at radius 1 is 1.17 bits per heavy atom. The molecule has 1 heterocycles. The zero-order valence-electron chi connectivity index (χ0n) is 12.9. The number of unbranched alkanes of at least 4 members (excludes halogenated alkanes) is 2. The fraction of sp³-hybridized carbons (Fsp3) is 0.294. The van der Waals surface area contributed by atoms with Gasteiger partial charge in [-0.1, -0.05) is 43.0 Å². The maximum Gasteiger partial charge on any atom is 0.274 e. The van der Waals surface area contributed by atoms with Gasteiger partial charge in [-0.05, 0) is 36.8 Å². The molecule has 0 fully saturated rings. The lowest BCUT2D eigenvalue weighted by Gasteiger charge is -2.09. The molecule has 1 aromatic carbocycles. The number of pyridine rings is 1. The smallest absolute Gasteiger partial charge is 0.274 e. The van der Waals surface area contributed by atoms with E-state index in [-0.39, 0.29) is 5.91 Å². The first-order valence-electron chi connectivity index (χ1n) is 7.56. The van der Waals surface area contributed by atoms with E-state index in [2.05, 4.69) is 22.5 Å². The molecule has 0 saturated carbocycles. The molecule has 0 spiro atoms. The van der Waals surface area contributed by atoms with Gasteiger partial charge in [-0.3, -0.25) is 9.78 Å². The molecule has 0 atom stereocenters. The molecule has 0 saturated heterocycles. The molecular weight excluding hydrogens is 333 g/mol. The molecular formula is C17H19Cl2N3O. The minimum absolute atomic E-state index is 0.321. The largest absolute Gasteiger partial charge is 0.385 e. The molecule has 2 aromatic rings. The molecule has 2 N–H and O–H groups in total. The summed E-state index contributed by atoms with van der Waals surface area (Å²) in [6.07, 6.45) is 5.06. The number of rotatable bonds is 7. The van der Waals surface area contributed by atoms with Crippen molar-refractivity contribution in [2.75, 3.05) is 17.2 Å². The van der Waals surface area contributed by atoms with Gasteiger partial charge in [-0.2, -0.15) is 0 Å². The zero-order valence-corrected chi connectivity index (χ0v) is 14.4. The summed E-state index contributed by atoms with van der Waals surface area (Å²) in [5.74, 6) is -0.327. The second kappa shape index (κ2) is 8.75. The second-order valence-electron chi connectivity index (χ2n) is 5.14. The molecule has 23 heavy (non-hydrogen) atoms. The predicted molar refractivity (Wildman–Crippen MR) is 96.7 cm³/mol. The first-order chi connectivity index (χ1) is 11.1. The van der Waals surface area contributed by atoms with Gasteiger partial charge in [-0.25, -0.2) is 0 Å². The number of carbonyl (C=O) groups excluding carboxylic acids is 1. The fourth-order valence-electron chi connectivity index (χ4n) is 2.05. The van der Waals surface area contributed by atoms with E-state index in [0.29, 0.717) is 21.4 Å². The lowest BCUT2D eigenvalue weighted by atomic mass is 10.2. The van der Waals surface area contributed by atoms with Gasteiger partial charge in [0.25, 0.3) is 5.91 Å². The van der Waals surface area contributed by atoms with Crippen molar-refractivity contribution in [2.24, 2.45) is 0 Å². The Balaban J connectivity index is 2.03. The number of hydrogen-bond donors (Lipinski definition) is 2. The third-order valence-electron chi connectivity index (χ3n) is 3.28. The number of carbonyl (C=O) groups is 1. The molecule has 0 aliphatic rings. The number of aromatic nitrogens is 1. The number of halogens is 2. The van der Waals surface area contributed by atoms with Gasteiger partial charge in [0.05, 0.1) is 10.7 Å². The van der Waals surface area contributed by atoms with Crippen molar-refractivity contribution in [3.05, 3.63) is 52.3 Å². The van der Waals surface area contributed by atoms with Crippen LogP contribution in [0.3, 0.4) is 0 Å². The van der Waals surface area contributed by atoms with Crippen LogP contribution < -0.4 is 10.6 Å². The topological polar surface area (TPSA) is 54.0 Å². The molecule has 4 nitrogen and oxygen atoms in total. The van der Waals surface area contributed by atoms with Crippen LogP contribution in [0.15, 0.2) is 36.5 Å². The van der Waals surface area contributed by atoms with Crippen molar-refractivity contribution >= 4 is 40.5 Å². The van der Waals surface area contributed by atoms with E-state index >= 15 is 0 Å². The van der Waals surface area contributed by atoms with Crippen LogP contribution in [-0.4, -0.2) is 17.4 Å². The van der Waals surface area contributed by atoms with Crippen LogP contribution in [0.1, 0.15) is 36.7 Å². The van der Waals surface area contributed by atoms with Gasteiger partial charge in [0.15, 0.2) is 0 Å². The van der Waals surface area contributed by atoms with E-state index in [1.54, 1.807) is 30.5 Å². The summed E-state index contributed by atoms with van der Waals surface area (Å²) in [6.45, 7) is 3.04. The average Bonchev–Trinajstić information content (AvgIpc) is 2.55. The molecule has 1 amide bonds. The van der Waals surface area contributed by atoms with Crippen LogP contribution in [-0.2, 0) is 0 Å². The standard InChI is InChI=1S/C17H19Cl2N3O/c1-2-3-4-8-20-13-7-9-21-16(11-13)17(23)22-15-10-12(18)5-6-14(15)19/h5-7,9-11H,2-4,8H2,1H3,(H,20,21)(H,22,23). The summed E-state index contributed by atoms with van der Waals surface area (Å²) in [4.78, 5) is 16.4. The molecule has 0 unspecified atom stereocenters. The van der Waals surface area contributed by atoms with Crippen LogP contribution >= 0.6 is 23.2 Å². The molecule has 0 aliphatic heterocycles. The third kappa shape index (κ3) is 5.41. The minimum atomic E-state index is -0.327. The summed E-state index contributed by atoms with van der Waals surface area (Å²) >= 11 is 12.0. The maximum absolute atomic E-state index is 12.3. The summed E-state index contributed by atoms with van der Waals surface area (Å²) in [5, 5.41) is 6.95. The predicted octanol–water partition coefficient (Wildman–Crippen LogP) is 5.24. The maximum atomic E-state index is 12.3. The lowest BCUT2D eigenvalue weighted by molar-refractivity contribution is 0.102. The fourth-order valence-corrected chi connectivity index (χ4v) is 2.39. The van der Waals surface area contributed by atoms with Gasteiger partial charge < -0.3 is 10.6 Å². The molecule has 122 valence electrons. The molecule has 0 aliphatic carbocycles. The van der Waals surface area contributed by atoms with Crippen LogP contribution in [0.5, 0.6) is 0 Å². The number of anilines is 2. The first-order valence-corrected chi connectivity index (χ1v) is 8.32. The Morgan fingerprint density at radius 3 is 2.78 bits per heavy atom. The van der Waals surface area contributed by atoms with Gasteiger partial charge in [0, 0.05) is 23.5 Å². The molecule has 0 radical (unpaired) electrons. The second-order valence-corrected chi connectivity index (χ2v) is 5.99. The van der Waals surface area contributed by atoms with Gasteiger partial charge in [0.1, 0.15) is 5.69 Å². The van der Waals surface area contributed by atoms with E-state index in [4.69, 9.17) is 23.2 Å². The Bertz CT molecular complexity index is 677. The highest BCUT2D eigenvalue weighted by molar-refractivity contribution is 6.35. The van der Waals surface area contributed by atoms with Crippen molar-refractivity contribution in [1.82, 2.24) is 4.98 Å². The van der Waals surface area contributed by atoms with Crippen LogP contribution in [0, 0.1) is 0 Å². The summed E-state index contributed by atoms with van der Waals surface area (Å²) in [7, 11) is 0. The average molecular weight is 352 g/mol. The van der Waals surface area contributed by atoms with Gasteiger partial charge >= 0.3 is 0 Å². The highest BCUT2D eigenvalue weighted by Crippen LogP contribution is 2.25. The third-order valence-corrected chi connectivity index (χ3v) is 3.84. The first kappa shape index (κ1) is 17.6. The van der Waals surface area contributed by atoms with Gasteiger partial charge in [0.2, 0.25) is 0 Å². The van der Waals surface area contributed by atoms with Gasteiger partial charge in [-0.15, -0.1) is 0 Å². The molecule has 6 heteroatoms. The lowest BCUT2D eigenvalue weighted by Crippen LogP contribution is -2.14. The number of nitrogens with zero attached hydrogens (tertiary/aromatic N) is 1. The number of benzene rings is 1. The van der Waals surface area contributed by atoms with Crippen molar-refractivity contribution in [3.8, 4) is 0 Å². The van der Waals surface area contributed by atoms with E-state index in [1.807, 2.05) is 6.07 Å². The summed E-state index contributed by atoms with van der Waals surface area (Å²) in [6, 6.07) is 8.47. The molecule has 2 rings (SSSR count). The molecule has 1 aromatic heterocycles. The SMILES string of the molecule is CCCCCNc1ccnc(C(=O)Nc2cc(Cl)ccc2Cl)c1. The number of hydrogen-bond acceptors (Lipinski definition) is 3. The van der Waals surface area contributed by atoms with E-state index in [9.17, 15) is 4.79 Å². The van der Waals surface area contributed by atoms with Crippen molar-refractivity contribution in [1.29, 1.82) is 0 Å². The quantitative estimate of drug-likeness (QED) is 0.670. The highest BCUT2D eigenvalue weighted by Gasteiger charge is 2.11. The van der Waals surface area contributed by atoms with E-state index in [1.165, 1.54) is 12.8 Å². The van der Waals surface area contributed by atoms with Crippen LogP contribution in [0.25, 0.3) is 0 Å². The monoisotopic (exact) mass is 351 g/mol. The zero-order chi connectivity index (χ0) is 16.7. The number of amides is 1.